The Kier molecular flexibility index (Phi) is 8.38. The number of rotatable bonds is 0. The maximum absolute atomic E-state index is 4.26. The average Bonchev–Trinajstić information content (AvgIpc) is 3.73. The second kappa shape index (κ2) is 11.9. The zero-order valence-electron chi connectivity index (χ0n) is 24.9. The largest absolute Gasteiger partial charge is 0.286 e. The first kappa shape index (κ1) is 28.8. The molecular weight excluding hydrogens is 603 g/mol. The first-order valence-electron chi connectivity index (χ1n) is 17.9. The monoisotopic (exact) mass is 658 g/mol. The molecule has 5 heterocycles. The Labute approximate surface area is 261 Å². The van der Waals surface area contributed by atoms with E-state index in [0.29, 0.717) is 49.3 Å². The molecule has 5 saturated heterocycles. The van der Waals surface area contributed by atoms with Crippen molar-refractivity contribution in [2.75, 3.05) is 0 Å². The Hall–Kier alpha value is 0.342. The SMILES string of the molecule is C1CCC2C3NC(NC4NC(NC5NC(NC6NC(N3)C3CCCCC63)C3CCCCC53)C3CCCCC43)C2C1.[Pd]. The van der Waals surface area contributed by atoms with Crippen LogP contribution < -0.4 is 42.5 Å². The fourth-order valence-corrected chi connectivity index (χ4v) is 12.0. The summed E-state index contributed by atoms with van der Waals surface area (Å²) in [6.45, 7) is 0. The van der Waals surface area contributed by atoms with Gasteiger partial charge in [-0.05, 0) is 98.7 Å². The summed E-state index contributed by atoms with van der Waals surface area (Å²) in [6, 6.07) is 0. The molecule has 0 spiro atoms. The number of hydrogen-bond donors (Lipinski definition) is 8. The van der Waals surface area contributed by atoms with Crippen molar-refractivity contribution in [2.24, 2.45) is 47.3 Å². The molecule has 0 amide bonds. The van der Waals surface area contributed by atoms with Gasteiger partial charge in [0.1, 0.15) is 0 Å². The van der Waals surface area contributed by atoms with Crippen LogP contribution in [0.5, 0.6) is 0 Å². The first-order chi connectivity index (χ1) is 19.8. The molecule has 4 aliphatic carbocycles. The summed E-state index contributed by atoms with van der Waals surface area (Å²) >= 11 is 0. The topological polar surface area (TPSA) is 96.2 Å². The molecule has 8 atom stereocenters. The van der Waals surface area contributed by atoms with E-state index < -0.39 is 0 Å². The van der Waals surface area contributed by atoms with Crippen molar-refractivity contribution >= 4 is 0 Å². The quantitative estimate of drug-likeness (QED) is 0.189. The second-order valence-electron chi connectivity index (χ2n) is 15.6. The molecule has 0 aromatic heterocycles. The van der Waals surface area contributed by atoms with E-state index in [0.717, 1.165) is 47.3 Å². The van der Waals surface area contributed by atoms with E-state index in [1.807, 2.05) is 0 Å². The predicted octanol–water partition coefficient (Wildman–Crippen LogP) is 2.60. The van der Waals surface area contributed by atoms with Gasteiger partial charge in [-0.2, -0.15) is 0 Å². The van der Waals surface area contributed by atoms with Crippen LogP contribution in [0.1, 0.15) is 103 Å². The van der Waals surface area contributed by atoms with E-state index in [2.05, 4.69) is 42.5 Å². The molecule has 9 aliphatic rings. The summed E-state index contributed by atoms with van der Waals surface area (Å²) in [5.41, 5.74) is 0. The summed E-state index contributed by atoms with van der Waals surface area (Å²) < 4.78 is 0. The normalized spacial score (nSPS) is 56.2. The van der Waals surface area contributed by atoms with Crippen LogP contribution in [0.25, 0.3) is 0 Å². The second-order valence-corrected chi connectivity index (χ2v) is 15.6. The molecule has 0 aromatic rings. The Morgan fingerprint density at radius 3 is 0.463 bits per heavy atom. The van der Waals surface area contributed by atoms with Crippen LogP contribution in [0, 0.1) is 47.3 Å². The van der Waals surface area contributed by atoms with Crippen molar-refractivity contribution in [3.8, 4) is 0 Å². The van der Waals surface area contributed by atoms with Gasteiger partial charge in [-0.15, -0.1) is 0 Å². The number of nitrogens with one attached hydrogen (secondary N) is 8. The van der Waals surface area contributed by atoms with Gasteiger partial charge in [0.2, 0.25) is 0 Å². The van der Waals surface area contributed by atoms with Gasteiger partial charge in [-0.3, -0.25) is 42.5 Å². The molecule has 0 radical (unpaired) electrons. The average molecular weight is 659 g/mol. The molecule has 9 heteroatoms. The zero-order valence-corrected chi connectivity index (χ0v) is 26.4. The Morgan fingerprint density at radius 1 is 0.220 bits per heavy atom. The van der Waals surface area contributed by atoms with E-state index in [-0.39, 0.29) is 20.4 Å². The van der Waals surface area contributed by atoms with Crippen LogP contribution in [0.2, 0.25) is 0 Å². The van der Waals surface area contributed by atoms with Crippen LogP contribution in [-0.2, 0) is 20.4 Å². The maximum atomic E-state index is 4.26. The van der Waals surface area contributed by atoms with Crippen molar-refractivity contribution < 1.29 is 20.4 Å². The molecule has 8 unspecified atom stereocenters. The predicted molar refractivity (Wildman–Crippen MR) is 157 cm³/mol. The minimum atomic E-state index is 0. The number of fused-ring (bicyclic) bond motifs is 20. The third-order valence-corrected chi connectivity index (χ3v) is 13.8. The standard InChI is InChI=1S/C32H56N8.Pd/c1-2-10-18-17(9-1)25-33-26(18)38-28-21-13-5-6-14-22(21)30(35-28)40-32-24-16-8-7-15-23(24)31(36-32)39-29-20-12-4-3-11-19(20)27(34-29)37-25;/h17-40H,1-16H2;. The third kappa shape index (κ3) is 5.05. The van der Waals surface area contributed by atoms with E-state index in [9.17, 15) is 0 Å². The van der Waals surface area contributed by atoms with E-state index >= 15 is 0 Å². The Bertz CT molecular complexity index is 716. The van der Waals surface area contributed by atoms with Crippen LogP contribution >= 0.6 is 0 Å². The van der Waals surface area contributed by atoms with E-state index in [1.165, 1.54) is 103 Å². The molecule has 4 saturated carbocycles. The van der Waals surface area contributed by atoms with Crippen molar-refractivity contribution in [3.05, 3.63) is 0 Å². The van der Waals surface area contributed by atoms with Crippen LogP contribution in [0.3, 0.4) is 0 Å². The van der Waals surface area contributed by atoms with E-state index in [1.54, 1.807) is 0 Å². The van der Waals surface area contributed by atoms with Gasteiger partial charge >= 0.3 is 0 Å². The first-order valence-corrected chi connectivity index (χ1v) is 17.9. The summed E-state index contributed by atoms with van der Waals surface area (Å²) in [5.74, 6) is 5.97. The number of hydrogen-bond acceptors (Lipinski definition) is 8. The van der Waals surface area contributed by atoms with Gasteiger partial charge in [0.15, 0.2) is 0 Å². The van der Waals surface area contributed by atoms with Crippen LogP contribution in [0.4, 0.5) is 0 Å². The van der Waals surface area contributed by atoms with E-state index in [4.69, 9.17) is 0 Å². The smallest absolute Gasteiger partial charge is 0.0628 e. The van der Waals surface area contributed by atoms with Crippen molar-refractivity contribution in [1.29, 1.82) is 0 Å². The molecule has 234 valence electrons. The molecule has 9 fully saturated rings. The van der Waals surface area contributed by atoms with Gasteiger partial charge in [0.05, 0.1) is 49.3 Å². The van der Waals surface area contributed by atoms with Gasteiger partial charge in [0, 0.05) is 20.4 Å². The molecule has 8 nitrogen and oxygen atoms in total. The van der Waals surface area contributed by atoms with Crippen molar-refractivity contribution in [3.63, 3.8) is 0 Å². The molecule has 0 aromatic carbocycles. The molecule has 8 bridgehead atoms. The van der Waals surface area contributed by atoms with Crippen molar-refractivity contribution in [1.82, 2.24) is 42.5 Å². The van der Waals surface area contributed by atoms with Gasteiger partial charge < -0.3 is 0 Å². The van der Waals surface area contributed by atoms with Gasteiger partial charge in [-0.25, -0.2) is 0 Å². The third-order valence-electron chi connectivity index (χ3n) is 13.8. The molecule has 8 N–H and O–H groups in total. The molecule has 41 heavy (non-hydrogen) atoms. The zero-order chi connectivity index (χ0) is 26.2. The van der Waals surface area contributed by atoms with Crippen LogP contribution in [-0.4, -0.2) is 49.3 Å². The Balaban J connectivity index is 0.00000256. The minimum Gasteiger partial charge on any atom is -0.286 e. The molecule has 9 rings (SSSR count). The maximum Gasteiger partial charge on any atom is 0.0628 e. The summed E-state index contributed by atoms with van der Waals surface area (Å²) in [7, 11) is 0. The van der Waals surface area contributed by atoms with Crippen LogP contribution in [0.15, 0.2) is 0 Å². The molecule has 5 aliphatic heterocycles. The van der Waals surface area contributed by atoms with Gasteiger partial charge in [-0.1, -0.05) is 51.4 Å². The summed E-state index contributed by atoms with van der Waals surface area (Å²) in [6.07, 6.45) is 25.6. The van der Waals surface area contributed by atoms with Gasteiger partial charge in [0.25, 0.3) is 0 Å². The van der Waals surface area contributed by atoms with Crippen molar-refractivity contribution in [2.45, 2.75) is 152 Å². The summed E-state index contributed by atoms with van der Waals surface area (Å²) in [5, 5.41) is 33.8. The summed E-state index contributed by atoms with van der Waals surface area (Å²) in [4.78, 5) is 0. The fraction of sp³-hybridized carbons (Fsp3) is 1.00. The molecular formula is C32H56N8Pd. The fourth-order valence-electron chi connectivity index (χ4n) is 12.0. The minimum absolute atomic E-state index is 0. The Morgan fingerprint density at radius 2 is 0.341 bits per heavy atom.